The lowest BCUT2D eigenvalue weighted by molar-refractivity contribution is 0.315. The van der Waals surface area contributed by atoms with Gasteiger partial charge in [0.1, 0.15) is 0 Å². The number of nitrogens with one attached hydrogen (secondary N) is 5. The van der Waals surface area contributed by atoms with Crippen molar-refractivity contribution in [2.24, 2.45) is 11.7 Å². The molecule has 56 valence electrons. The quantitative estimate of drug-likeness (QED) is 0.0918. The molecular weight excluding hydrogens is 122 g/mol. The molecule has 0 aliphatic rings. The molecule has 0 saturated heterocycles. The lowest BCUT2D eigenvalue weighted by Gasteiger charge is -2.12. The Hall–Kier alpha value is -0.280. The van der Waals surface area contributed by atoms with Crippen LogP contribution in [-0.4, -0.2) is 6.17 Å². The molecule has 0 aromatic carbocycles. The Morgan fingerprint density at radius 3 is 2.33 bits per heavy atom. The number of nitrogens with two attached hydrogens (primary N) is 2. The molecule has 0 aromatic rings. The van der Waals surface area contributed by atoms with Crippen LogP contribution in [0.5, 0.6) is 0 Å². The van der Waals surface area contributed by atoms with Gasteiger partial charge in [0.25, 0.3) is 0 Å². The first kappa shape index (κ1) is 8.72. The van der Waals surface area contributed by atoms with Crippen molar-refractivity contribution in [2.75, 3.05) is 0 Å². The van der Waals surface area contributed by atoms with Crippen molar-refractivity contribution < 1.29 is 0 Å². The van der Waals surface area contributed by atoms with Gasteiger partial charge in [0.05, 0.1) is 6.17 Å². The predicted octanol–water partition coefficient (Wildman–Crippen LogP) is -3.23. The molecule has 0 bridgehead atoms. The fourth-order valence-electron chi connectivity index (χ4n) is 0.222. The summed E-state index contributed by atoms with van der Waals surface area (Å²) in [5, 5.41) is 0. The van der Waals surface area contributed by atoms with Crippen LogP contribution >= 0.6 is 0 Å². The molecule has 0 aliphatic heterocycles. The zero-order valence-corrected chi connectivity index (χ0v) is 5.23. The van der Waals surface area contributed by atoms with Gasteiger partial charge in [0, 0.05) is 0 Å². The van der Waals surface area contributed by atoms with E-state index in [1.165, 1.54) is 0 Å². The van der Waals surface area contributed by atoms with E-state index in [1.54, 1.807) is 0 Å². The van der Waals surface area contributed by atoms with Crippen LogP contribution in [0.4, 0.5) is 0 Å². The summed E-state index contributed by atoms with van der Waals surface area (Å²) < 4.78 is 0. The third-order valence-corrected chi connectivity index (χ3v) is 0.673. The molecule has 0 aromatic heterocycles. The van der Waals surface area contributed by atoms with E-state index < -0.39 is 0 Å². The molecule has 0 spiro atoms. The van der Waals surface area contributed by atoms with Crippen molar-refractivity contribution in [2.45, 2.75) is 13.1 Å². The molecule has 7 heteroatoms. The monoisotopic (exact) mass is 135 g/mol. The molecule has 9 N–H and O–H groups in total. The van der Waals surface area contributed by atoms with E-state index in [0.29, 0.717) is 0 Å². The molecule has 0 radical (unpaired) electrons. The molecule has 0 fully saturated rings. The van der Waals surface area contributed by atoms with Crippen LogP contribution < -0.4 is 39.1 Å². The Morgan fingerprint density at radius 1 is 1.22 bits per heavy atom. The standard InChI is InChI=1S/C2H13N7/c1-2(5-3)6-8-9-7-4/h2,5-9H,3-4H2,1H3. The van der Waals surface area contributed by atoms with E-state index in [9.17, 15) is 0 Å². The van der Waals surface area contributed by atoms with Gasteiger partial charge in [-0.25, -0.2) is 10.9 Å². The zero-order chi connectivity index (χ0) is 7.11. The highest BCUT2D eigenvalue weighted by Crippen LogP contribution is 1.59. The first-order chi connectivity index (χ1) is 4.31. The van der Waals surface area contributed by atoms with Crippen LogP contribution in [-0.2, 0) is 0 Å². The van der Waals surface area contributed by atoms with Crippen molar-refractivity contribution >= 4 is 0 Å². The Bertz CT molecular complexity index is 54.9. The van der Waals surface area contributed by atoms with Crippen LogP contribution in [0.25, 0.3) is 0 Å². The summed E-state index contributed by atoms with van der Waals surface area (Å²) in [6, 6.07) is 0. The molecular formula is C2H13N7. The number of rotatable bonds is 5. The summed E-state index contributed by atoms with van der Waals surface area (Å²) in [6.45, 7) is 1.82. The highest BCUT2D eigenvalue weighted by atomic mass is 15.8. The zero-order valence-electron chi connectivity index (χ0n) is 5.23. The van der Waals surface area contributed by atoms with Crippen molar-refractivity contribution in [3.8, 4) is 0 Å². The van der Waals surface area contributed by atoms with Crippen LogP contribution in [0, 0.1) is 0 Å². The van der Waals surface area contributed by atoms with Gasteiger partial charge < -0.3 is 0 Å². The van der Waals surface area contributed by atoms with Gasteiger partial charge in [-0.2, -0.15) is 16.6 Å². The highest BCUT2D eigenvalue weighted by Gasteiger charge is 1.91. The fraction of sp³-hybridized carbons (Fsp3) is 1.00. The Morgan fingerprint density at radius 2 is 1.89 bits per heavy atom. The second-order valence-electron chi connectivity index (χ2n) is 1.43. The van der Waals surface area contributed by atoms with Crippen molar-refractivity contribution in [3.05, 3.63) is 0 Å². The topological polar surface area (TPSA) is 112 Å². The Balaban J connectivity index is 2.88. The normalized spacial score (nSPS) is 13.7. The maximum Gasteiger partial charge on any atom is 0.0815 e. The predicted molar refractivity (Wildman–Crippen MR) is 33.5 cm³/mol. The Kier molecular flexibility index (Phi) is 5.67. The summed E-state index contributed by atoms with van der Waals surface area (Å²) in [7, 11) is 0. The molecule has 1 atom stereocenters. The van der Waals surface area contributed by atoms with E-state index in [4.69, 9.17) is 11.7 Å². The average molecular weight is 135 g/mol. The van der Waals surface area contributed by atoms with Crippen molar-refractivity contribution in [1.29, 1.82) is 0 Å². The van der Waals surface area contributed by atoms with Gasteiger partial charge in [0.15, 0.2) is 0 Å². The first-order valence-corrected chi connectivity index (χ1v) is 2.48. The summed E-state index contributed by atoms with van der Waals surface area (Å²) in [6.07, 6.45) is -0.0363. The largest absolute Gasteiger partial charge is 0.270 e. The second kappa shape index (κ2) is 5.85. The Labute approximate surface area is 53.4 Å². The molecule has 0 aliphatic carbocycles. The summed E-state index contributed by atoms with van der Waals surface area (Å²) in [5.41, 5.74) is 12.2. The van der Waals surface area contributed by atoms with Gasteiger partial charge in [-0.3, -0.25) is 11.7 Å². The SMILES string of the molecule is CC(NN)NNNNN. The summed E-state index contributed by atoms with van der Waals surface area (Å²) in [4.78, 5) is 0. The van der Waals surface area contributed by atoms with Crippen LogP contribution in [0.15, 0.2) is 0 Å². The minimum atomic E-state index is -0.0363. The minimum absolute atomic E-state index is 0.0363. The second-order valence-corrected chi connectivity index (χ2v) is 1.43. The molecule has 7 nitrogen and oxygen atoms in total. The first-order valence-electron chi connectivity index (χ1n) is 2.48. The number of hydrogen-bond donors (Lipinski definition) is 7. The summed E-state index contributed by atoms with van der Waals surface area (Å²) >= 11 is 0. The van der Waals surface area contributed by atoms with Gasteiger partial charge >= 0.3 is 0 Å². The maximum absolute atomic E-state index is 5.02. The average Bonchev–Trinajstić information content (AvgIpc) is 1.89. The van der Waals surface area contributed by atoms with Gasteiger partial charge in [0.2, 0.25) is 0 Å². The fourth-order valence-corrected chi connectivity index (χ4v) is 0.222. The van der Waals surface area contributed by atoms with Gasteiger partial charge in [-0.1, -0.05) is 0 Å². The maximum atomic E-state index is 5.02. The number of hydrogen-bond acceptors (Lipinski definition) is 7. The highest BCUT2D eigenvalue weighted by molar-refractivity contribution is 4.42. The van der Waals surface area contributed by atoms with E-state index in [-0.39, 0.29) is 6.17 Å². The molecule has 0 rings (SSSR count). The van der Waals surface area contributed by atoms with Crippen LogP contribution in [0.2, 0.25) is 0 Å². The van der Waals surface area contributed by atoms with Crippen LogP contribution in [0.1, 0.15) is 6.92 Å². The van der Waals surface area contributed by atoms with E-state index in [0.717, 1.165) is 0 Å². The summed E-state index contributed by atoms with van der Waals surface area (Å²) in [5.74, 6) is 9.86. The van der Waals surface area contributed by atoms with Crippen molar-refractivity contribution in [3.63, 3.8) is 0 Å². The molecule has 1 unspecified atom stereocenters. The van der Waals surface area contributed by atoms with Crippen LogP contribution in [0.3, 0.4) is 0 Å². The lowest BCUT2D eigenvalue weighted by Crippen LogP contribution is -2.59. The molecule has 0 saturated carbocycles. The van der Waals surface area contributed by atoms with Gasteiger partial charge in [-0.15, -0.1) is 0 Å². The molecule has 9 heavy (non-hydrogen) atoms. The third kappa shape index (κ3) is 5.59. The van der Waals surface area contributed by atoms with Gasteiger partial charge in [-0.05, 0) is 6.92 Å². The third-order valence-electron chi connectivity index (χ3n) is 0.673. The minimum Gasteiger partial charge on any atom is -0.270 e. The van der Waals surface area contributed by atoms with Crippen molar-refractivity contribution in [1.82, 2.24) is 27.5 Å². The molecule has 0 amide bonds. The lowest BCUT2D eigenvalue weighted by atomic mass is 10.6. The van der Waals surface area contributed by atoms with E-state index in [1.807, 2.05) is 6.92 Å². The molecule has 0 heterocycles. The van der Waals surface area contributed by atoms with E-state index in [2.05, 4.69) is 27.5 Å². The smallest absolute Gasteiger partial charge is 0.0815 e. The van der Waals surface area contributed by atoms with E-state index >= 15 is 0 Å². The number of hydrazine groups is 5.